The molecule has 2 aromatic rings. The lowest BCUT2D eigenvalue weighted by Crippen LogP contribution is -2.41. The van der Waals surface area contributed by atoms with Gasteiger partial charge in [0.15, 0.2) is 5.96 Å². The molecule has 0 aliphatic heterocycles. The van der Waals surface area contributed by atoms with Gasteiger partial charge in [0.2, 0.25) is 0 Å². The molecule has 26 heavy (non-hydrogen) atoms. The highest BCUT2D eigenvalue weighted by Gasteiger charge is 2.44. The Balaban J connectivity index is 0.00000243. The normalized spacial score (nSPS) is 15.0. The van der Waals surface area contributed by atoms with Gasteiger partial charge in [-0.1, -0.05) is 30.3 Å². The highest BCUT2D eigenvalue weighted by atomic mass is 127. The Morgan fingerprint density at radius 3 is 2.58 bits per heavy atom. The molecule has 2 N–H and O–H groups in total. The Morgan fingerprint density at radius 1 is 1.15 bits per heavy atom. The molecule has 1 aliphatic carbocycles. The van der Waals surface area contributed by atoms with Gasteiger partial charge in [-0.15, -0.1) is 24.0 Å². The maximum absolute atomic E-state index is 13.5. The number of hydrogen-bond acceptors (Lipinski definition) is 2. The van der Waals surface area contributed by atoms with Crippen molar-refractivity contribution < 1.29 is 9.13 Å². The summed E-state index contributed by atoms with van der Waals surface area (Å²) in [7, 11) is 3.42. The SMILES string of the molecule is CN=C(NCc1ccccc1OC)NCC1(c2cccc(F)c2)CC1.I. The van der Waals surface area contributed by atoms with Gasteiger partial charge >= 0.3 is 0 Å². The topological polar surface area (TPSA) is 45.7 Å². The first-order valence-electron chi connectivity index (χ1n) is 8.49. The minimum Gasteiger partial charge on any atom is -0.496 e. The van der Waals surface area contributed by atoms with E-state index in [1.165, 1.54) is 6.07 Å². The zero-order valence-electron chi connectivity index (χ0n) is 15.1. The Kier molecular flexibility index (Phi) is 7.25. The molecule has 1 saturated carbocycles. The maximum atomic E-state index is 13.5. The van der Waals surface area contributed by atoms with Crippen LogP contribution < -0.4 is 15.4 Å². The lowest BCUT2D eigenvalue weighted by atomic mass is 9.96. The van der Waals surface area contributed by atoms with Crippen molar-refractivity contribution in [1.29, 1.82) is 0 Å². The van der Waals surface area contributed by atoms with E-state index in [1.807, 2.05) is 30.3 Å². The molecule has 0 heterocycles. The largest absolute Gasteiger partial charge is 0.496 e. The van der Waals surface area contributed by atoms with Crippen LogP contribution in [0.5, 0.6) is 5.75 Å². The summed E-state index contributed by atoms with van der Waals surface area (Å²) >= 11 is 0. The number of aliphatic imine (C=N–C) groups is 1. The van der Waals surface area contributed by atoms with Crippen molar-refractivity contribution in [3.63, 3.8) is 0 Å². The summed E-state index contributed by atoms with van der Waals surface area (Å²) in [6, 6.07) is 14.8. The number of nitrogens with one attached hydrogen (secondary N) is 2. The second kappa shape index (κ2) is 9.21. The van der Waals surface area contributed by atoms with Crippen LogP contribution >= 0.6 is 24.0 Å². The molecule has 0 bridgehead atoms. The van der Waals surface area contributed by atoms with E-state index < -0.39 is 0 Å². The van der Waals surface area contributed by atoms with E-state index in [2.05, 4.69) is 15.6 Å². The zero-order chi connectivity index (χ0) is 17.7. The van der Waals surface area contributed by atoms with Crippen LogP contribution in [0.1, 0.15) is 24.0 Å². The first-order chi connectivity index (χ1) is 12.2. The van der Waals surface area contributed by atoms with E-state index >= 15 is 0 Å². The minimum atomic E-state index is -0.178. The molecule has 1 aliphatic rings. The van der Waals surface area contributed by atoms with E-state index in [0.717, 1.165) is 42.2 Å². The van der Waals surface area contributed by atoms with Gasteiger partial charge in [0.05, 0.1) is 7.11 Å². The van der Waals surface area contributed by atoms with E-state index in [1.54, 1.807) is 26.3 Å². The van der Waals surface area contributed by atoms with Gasteiger partial charge < -0.3 is 15.4 Å². The molecule has 0 saturated heterocycles. The molecule has 4 nitrogen and oxygen atoms in total. The molecule has 2 aromatic carbocycles. The smallest absolute Gasteiger partial charge is 0.191 e. The van der Waals surface area contributed by atoms with Crippen LogP contribution in [0, 0.1) is 5.82 Å². The molecular formula is C20H25FIN3O. The molecule has 0 aromatic heterocycles. The molecular weight excluding hydrogens is 444 g/mol. The van der Waals surface area contributed by atoms with Crippen LogP contribution in [0.3, 0.4) is 0 Å². The van der Waals surface area contributed by atoms with Crippen molar-refractivity contribution >= 4 is 29.9 Å². The highest BCUT2D eigenvalue weighted by molar-refractivity contribution is 14.0. The Labute approximate surface area is 171 Å². The van der Waals surface area contributed by atoms with Gasteiger partial charge in [-0.2, -0.15) is 0 Å². The number of halogens is 2. The highest BCUT2D eigenvalue weighted by Crippen LogP contribution is 2.47. The lowest BCUT2D eigenvalue weighted by molar-refractivity contribution is 0.409. The van der Waals surface area contributed by atoms with Crippen LogP contribution in [0.15, 0.2) is 53.5 Å². The second-order valence-electron chi connectivity index (χ2n) is 6.38. The summed E-state index contributed by atoms with van der Waals surface area (Å²) in [5.74, 6) is 1.40. The van der Waals surface area contributed by atoms with Crippen LogP contribution in [0.2, 0.25) is 0 Å². The van der Waals surface area contributed by atoms with E-state index in [4.69, 9.17) is 4.74 Å². The number of para-hydroxylation sites is 1. The lowest BCUT2D eigenvalue weighted by Gasteiger charge is -2.19. The summed E-state index contributed by atoms with van der Waals surface area (Å²) in [4.78, 5) is 4.28. The summed E-state index contributed by atoms with van der Waals surface area (Å²) in [5.41, 5.74) is 2.14. The van der Waals surface area contributed by atoms with Gasteiger partial charge in [0.25, 0.3) is 0 Å². The van der Waals surface area contributed by atoms with Gasteiger partial charge in [0, 0.05) is 31.1 Å². The van der Waals surface area contributed by atoms with Crippen LogP contribution in [0.4, 0.5) is 4.39 Å². The average Bonchev–Trinajstić information content (AvgIpc) is 3.43. The molecule has 3 rings (SSSR count). The molecule has 0 amide bonds. The molecule has 0 atom stereocenters. The van der Waals surface area contributed by atoms with Gasteiger partial charge in [0.1, 0.15) is 11.6 Å². The fraction of sp³-hybridized carbons (Fsp3) is 0.350. The Hall–Kier alpha value is -1.83. The predicted molar refractivity (Wildman–Crippen MR) is 114 cm³/mol. The first kappa shape index (κ1) is 20.5. The number of guanidine groups is 1. The van der Waals surface area contributed by atoms with E-state index in [-0.39, 0.29) is 35.2 Å². The van der Waals surface area contributed by atoms with Gasteiger partial charge in [-0.05, 0) is 36.6 Å². The standard InChI is InChI=1S/C20H24FN3O.HI/c1-22-19(23-13-15-6-3-4-9-18(15)25-2)24-14-20(10-11-20)16-7-5-8-17(21)12-16;/h3-9,12H,10-11,13-14H2,1-2H3,(H2,22,23,24);1H. The summed E-state index contributed by atoms with van der Waals surface area (Å²) in [5, 5.41) is 6.68. The monoisotopic (exact) mass is 469 g/mol. The summed E-state index contributed by atoms with van der Waals surface area (Å²) < 4.78 is 18.9. The van der Waals surface area contributed by atoms with E-state index in [9.17, 15) is 4.39 Å². The van der Waals surface area contributed by atoms with Crippen molar-refractivity contribution in [1.82, 2.24) is 10.6 Å². The average molecular weight is 469 g/mol. The fourth-order valence-electron chi connectivity index (χ4n) is 3.04. The van der Waals surface area contributed by atoms with Crippen LogP contribution in [-0.4, -0.2) is 26.7 Å². The molecule has 140 valence electrons. The van der Waals surface area contributed by atoms with Crippen molar-refractivity contribution in [3.05, 3.63) is 65.5 Å². The van der Waals surface area contributed by atoms with Crippen molar-refractivity contribution in [2.45, 2.75) is 24.8 Å². The third kappa shape index (κ3) is 4.87. The van der Waals surface area contributed by atoms with Gasteiger partial charge in [-0.3, -0.25) is 4.99 Å². The molecule has 1 fully saturated rings. The Bertz CT molecular complexity index is 762. The minimum absolute atomic E-state index is 0. The third-order valence-electron chi connectivity index (χ3n) is 4.75. The fourth-order valence-corrected chi connectivity index (χ4v) is 3.04. The van der Waals surface area contributed by atoms with Crippen LogP contribution in [0.25, 0.3) is 0 Å². The number of benzene rings is 2. The van der Waals surface area contributed by atoms with Gasteiger partial charge in [-0.25, -0.2) is 4.39 Å². The summed E-state index contributed by atoms with van der Waals surface area (Å²) in [6.07, 6.45) is 2.12. The van der Waals surface area contributed by atoms with Crippen molar-refractivity contribution in [2.75, 3.05) is 20.7 Å². The number of ether oxygens (including phenoxy) is 1. The number of rotatable bonds is 6. The van der Waals surface area contributed by atoms with Crippen LogP contribution in [-0.2, 0) is 12.0 Å². The Morgan fingerprint density at radius 2 is 1.92 bits per heavy atom. The zero-order valence-corrected chi connectivity index (χ0v) is 17.4. The molecule has 0 unspecified atom stereocenters. The van der Waals surface area contributed by atoms with Crippen molar-refractivity contribution in [3.8, 4) is 5.75 Å². The second-order valence-corrected chi connectivity index (χ2v) is 6.38. The maximum Gasteiger partial charge on any atom is 0.191 e. The third-order valence-corrected chi connectivity index (χ3v) is 4.75. The van der Waals surface area contributed by atoms with Crippen molar-refractivity contribution in [2.24, 2.45) is 4.99 Å². The quantitative estimate of drug-likeness (QED) is 0.384. The first-order valence-corrected chi connectivity index (χ1v) is 8.49. The van der Waals surface area contributed by atoms with E-state index in [0.29, 0.717) is 6.54 Å². The number of hydrogen-bond donors (Lipinski definition) is 2. The predicted octanol–water partition coefficient (Wildman–Crippen LogP) is 3.85. The summed E-state index contributed by atoms with van der Waals surface area (Å²) in [6.45, 7) is 1.36. The number of methoxy groups -OCH3 is 1. The number of nitrogens with zero attached hydrogens (tertiary/aromatic N) is 1. The molecule has 6 heteroatoms. The molecule has 0 radical (unpaired) electrons. The molecule has 0 spiro atoms.